The number of hydrogen-bond donors (Lipinski definition) is 1. The van der Waals surface area contributed by atoms with E-state index in [1.165, 1.54) is 32.3 Å². The molecule has 1 heterocycles. The van der Waals surface area contributed by atoms with Gasteiger partial charge < -0.3 is 24.4 Å². The number of ether oxygens (including phenoxy) is 3. The van der Waals surface area contributed by atoms with Crippen LogP contribution in [0.2, 0.25) is 0 Å². The van der Waals surface area contributed by atoms with E-state index in [0.29, 0.717) is 17.2 Å². The van der Waals surface area contributed by atoms with E-state index in [4.69, 9.17) is 14.2 Å². The summed E-state index contributed by atoms with van der Waals surface area (Å²) >= 11 is 0. The van der Waals surface area contributed by atoms with E-state index < -0.39 is 11.7 Å². The van der Waals surface area contributed by atoms with E-state index in [9.17, 15) is 14.0 Å². The molecule has 2 aromatic carbocycles. The molecule has 0 radical (unpaired) electrons. The second kappa shape index (κ2) is 9.24. The molecule has 8 heteroatoms. The van der Waals surface area contributed by atoms with Crippen molar-refractivity contribution in [3.8, 4) is 17.2 Å². The van der Waals surface area contributed by atoms with Crippen molar-refractivity contribution >= 4 is 17.5 Å². The number of halogens is 1. The van der Waals surface area contributed by atoms with Crippen molar-refractivity contribution in [2.75, 3.05) is 32.8 Å². The van der Waals surface area contributed by atoms with Crippen molar-refractivity contribution in [1.29, 1.82) is 0 Å². The Hall–Kier alpha value is -3.29. The van der Waals surface area contributed by atoms with Crippen LogP contribution in [-0.4, -0.2) is 39.7 Å². The zero-order valence-electron chi connectivity index (χ0n) is 18.3. The highest BCUT2D eigenvalue weighted by Gasteiger charge is 2.36. The number of aryl methyl sites for hydroxylation is 1. The summed E-state index contributed by atoms with van der Waals surface area (Å²) in [5, 5.41) is 2.93. The molecule has 2 unspecified atom stereocenters. The lowest BCUT2D eigenvalue weighted by Crippen LogP contribution is -2.34. The van der Waals surface area contributed by atoms with Gasteiger partial charge in [0.15, 0.2) is 11.5 Å². The first-order valence-electron chi connectivity index (χ1n) is 9.95. The Labute approximate surface area is 181 Å². The molecule has 2 atom stereocenters. The molecule has 0 bridgehead atoms. The van der Waals surface area contributed by atoms with E-state index in [0.717, 1.165) is 11.1 Å². The monoisotopic (exact) mass is 430 g/mol. The standard InChI is InChI=1S/C23H27FN2O5/c1-13-6-7-18(17(24)8-13)26-12-16(11-21(26)27)23(28)25-14(2)15-9-19(29-3)22(31-5)20(10-15)30-4/h6-10,14,16H,11-12H2,1-5H3,(H,25,28). The average molecular weight is 430 g/mol. The zero-order chi connectivity index (χ0) is 22.7. The lowest BCUT2D eigenvalue weighted by Gasteiger charge is -2.21. The molecule has 1 saturated heterocycles. The Morgan fingerprint density at radius 3 is 2.32 bits per heavy atom. The molecule has 0 spiro atoms. The second-order valence-corrected chi connectivity index (χ2v) is 7.55. The SMILES string of the molecule is COc1cc(C(C)NC(=O)C2CC(=O)N(c3ccc(C)cc3F)C2)cc(OC)c1OC. The van der Waals surface area contributed by atoms with Gasteiger partial charge in [0.2, 0.25) is 17.6 Å². The fourth-order valence-electron chi connectivity index (χ4n) is 3.71. The van der Waals surface area contributed by atoms with Crippen molar-refractivity contribution in [3.05, 3.63) is 47.3 Å². The maximum absolute atomic E-state index is 14.3. The first-order valence-corrected chi connectivity index (χ1v) is 9.95. The first-order chi connectivity index (χ1) is 14.8. The fraction of sp³-hybridized carbons (Fsp3) is 0.391. The molecule has 0 saturated carbocycles. The molecule has 7 nitrogen and oxygen atoms in total. The summed E-state index contributed by atoms with van der Waals surface area (Å²) in [5.41, 5.74) is 1.72. The van der Waals surface area contributed by atoms with Gasteiger partial charge >= 0.3 is 0 Å². The Morgan fingerprint density at radius 1 is 1.13 bits per heavy atom. The molecule has 0 aliphatic carbocycles. The maximum atomic E-state index is 14.3. The topological polar surface area (TPSA) is 77.1 Å². The quantitative estimate of drug-likeness (QED) is 0.729. The van der Waals surface area contributed by atoms with Crippen LogP contribution < -0.4 is 24.4 Å². The third-order valence-electron chi connectivity index (χ3n) is 5.44. The summed E-state index contributed by atoms with van der Waals surface area (Å²) in [7, 11) is 4.56. The van der Waals surface area contributed by atoms with Crippen LogP contribution in [0.4, 0.5) is 10.1 Å². The molecule has 3 rings (SSSR count). The van der Waals surface area contributed by atoms with Crippen LogP contribution in [0.25, 0.3) is 0 Å². The number of methoxy groups -OCH3 is 3. The molecule has 2 amide bonds. The van der Waals surface area contributed by atoms with Crippen molar-refractivity contribution in [1.82, 2.24) is 5.32 Å². The van der Waals surface area contributed by atoms with Gasteiger partial charge in [0.1, 0.15) is 5.82 Å². The number of anilines is 1. The number of carbonyl (C=O) groups is 2. The molecule has 2 aromatic rings. The minimum absolute atomic E-state index is 0.0289. The van der Waals surface area contributed by atoms with Crippen molar-refractivity contribution in [3.63, 3.8) is 0 Å². The summed E-state index contributed by atoms with van der Waals surface area (Å²) in [5.74, 6) is -0.166. The Kier molecular flexibility index (Phi) is 6.68. The molecule has 1 aliphatic rings. The fourth-order valence-corrected chi connectivity index (χ4v) is 3.71. The van der Waals surface area contributed by atoms with Crippen molar-refractivity contribution in [2.45, 2.75) is 26.3 Å². The molecule has 0 aromatic heterocycles. The number of nitrogens with one attached hydrogen (secondary N) is 1. The van der Waals surface area contributed by atoms with Gasteiger partial charge in [-0.05, 0) is 49.2 Å². The lowest BCUT2D eigenvalue weighted by atomic mass is 10.0. The zero-order valence-corrected chi connectivity index (χ0v) is 18.3. The van der Waals surface area contributed by atoms with Gasteiger partial charge in [0.05, 0.1) is 39.0 Å². The first kappa shape index (κ1) is 22.4. The van der Waals surface area contributed by atoms with Gasteiger partial charge in [0.25, 0.3) is 0 Å². The van der Waals surface area contributed by atoms with Gasteiger partial charge in [-0.2, -0.15) is 0 Å². The normalized spacial score (nSPS) is 16.8. The van der Waals surface area contributed by atoms with Crippen LogP contribution >= 0.6 is 0 Å². The third kappa shape index (κ3) is 4.57. The van der Waals surface area contributed by atoms with E-state index >= 15 is 0 Å². The van der Waals surface area contributed by atoms with E-state index in [1.54, 1.807) is 31.2 Å². The number of rotatable bonds is 7. The van der Waals surface area contributed by atoms with Crippen molar-refractivity contribution < 1.29 is 28.2 Å². The summed E-state index contributed by atoms with van der Waals surface area (Å²) in [6.45, 7) is 3.73. The maximum Gasteiger partial charge on any atom is 0.227 e. The summed E-state index contributed by atoms with van der Waals surface area (Å²) in [4.78, 5) is 26.6. The molecule has 166 valence electrons. The summed E-state index contributed by atoms with van der Waals surface area (Å²) in [6.07, 6.45) is 0.0289. The highest BCUT2D eigenvalue weighted by Crippen LogP contribution is 2.39. The van der Waals surface area contributed by atoms with Gasteiger partial charge in [0, 0.05) is 13.0 Å². The molecule has 1 N–H and O–H groups in total. The van der Waals surface area contributed by atoms with Crippen LogP contribution in [0.5, 0.6) is 17.2 Å². The Balaban J connectivity index is 1.74. The van der Waals surface area contributed by atoms with Crippen molar-refractivity contribution in [2.24, 2.45) is 5.92 Å². The largest absolute Gasteiger partial charge is 0.493 e. The summed E-state index contributed by atoms with van der Waals surface area (Å²) in [6, 6.07) is 7.84. The Bertz CT molecular complexity index is 969. The second-order valence-electron chi connectivity index (χ2n) is 7.55. The van der Waals surface area contributed by atoms with Gasteiger partial charge in [-0.15, -0.1) is 0 Å². The minimum atomic E-state index is -0.572. The van der Waals surface area contributed by atoms with E-state index in [1.807, 2.05) is 6.92 Å². The van der Waals surface area contributed by atoms with Crippen LogP contribution in [0.3, 0.4) is 0 Å². The molecule has 1 fully saturated rings. The number of benzene rings is 2. The van der Waals surface area contributed by atoms with E-state index in [-0.39, 0.29) is 36.5 Å². The summed E-state index contributed by atoms with van der Waals surface area (Å²) < 4.78 is 30.4. The lowest BCUT2D eigenvalue weighted by molar-refractivity contribution is -0.126. The van der Waals surface area contributed by atoms with Gasteiger partial charge in [-0.3, -0.25) is 9.59 Å². The minimum Gasteiger partial charge on any atom is -0.493 e. The third-order valence-corrected chi connectivity index (χ3v) is 5.44. The molecule has 31 heavy (non-hydrogen) atoms. The number of nitrogens with zero attached hydrogens (tertiary/aromatic N) is 1. The predicted octanol–water partition coefficient (Wildman–Crippen LogP) is 3.39. The van der Waals surface area contributed by atoms with Gasteiger partial charge in [-0.1, -0.05) is 6.07 Å². The van der Waals surface area contributed by atoms with Gasteiger partial charge in [-0.25, -0.2) is 4.39 Å². The highest BCUT2D eigenvalue weighted by molar-refractivity contribution is 6.00. The van der Waals surface area contributed by atoms with Crippen LogP contribution in [0.1, 0.15) is 30.5 Å². The molecular weight excluding hydrogens is 403 g/mol. The smallest absolute Gasteiger partial charge is 0.227 e. The van der Waals surface area contributed by atoms with E-state index in [2.05, 4.69) is 5.32 Å². The Morgan fingerprint density at radius 2 is 1.77 bits per heavy atom. The molecular formula is C23H27FN2O5. The number of carbonyl (C=O) groups excluding carboxylic acids is 2. The molecule has 1 aliphatic heterocycles. The number of hydrogen-bond acceptors (Lipinski definition) is 5. The van der Waals surface area contributed by atoms with Crippen LogP contribution in [0.15, 0.2) is 30.3 Å². The van der Waals surface area contributed by atoms with Crippen LogP contribution in [0, 0.1) is 18.7 Å². The highest BCUT2D eigenvalue weighted by atomic mass is 19.1. The van der Waals surface area contributed by atoms with Crippen LogP contribution in [-0.2, 0) is 9.59 Å². The predicted molar refractivity (Wildman–Crippen MR) is 114 cm³/mol. The average Bonchev–Trinajstić information content (AvgIpc) is 3.13. The number of amides is 2.